The topological polar surface area (TPSA) is 25.2 Å². The number of fused-ring (bicyclic) bond motifs is 1. The summed E-state index contributed by atoms with van der Waals surface area (Å²) < 4.78 is 2.06. The second-order valence-electron chi connectivity index (χ2n) is 5.21. The van der Waals surface area contributed by atoms with E-state index in [0.29, 0.717) is 5.75 Å². The molecule has 0 aliphatic rings. The zero-order chi connectivity index (χ0) is 17.1. The first-order chi connectivity index (χ1) is 10.4. The highest BCUT2D eigenvalue weighted by Crippen LogP contribution is 2.26. The molecular formula is C20H31NO. The van der Waals surface area contributed by atoms with Crippen LogP contribution < -0.4 is 0 Å². The zero-order valence-corrected chi connectivity index (χ0v) is 15.1. The Labute approximate surface area is 135 Å². The van der Waals surface area contributed by atoms with Gasteiger partial charge in [0.25, 0.3) is 0 Å². The van der Waals surface area contributed by atoms with Gasteiger partial charge in [0, 0.05) is 18.1 Å². The van der Waals surface area contributed by atoms with Gasteiger partial charge in [0.15, 0.2) is 0 Å². The normalized spacial score (nSPS) is 11.0. The van der Waals surface area contributed by atoms with E-state index >= 15 is 0 Å². The van der Waals surface area contributed by atoms with Crippen LogP contribution in [0.4, 0.5) is 0 Å². The van der Waals surface area contributed by atoms with Crippen LogP contribution in [-0.2, 0) is 7.05 Å². The van der Waals surface area contributed by atoms with Gasteiger partial charge in [-0.15, -0.1) is 0 Å². The Morgan fingerprint density at radius 1 is 1.18 bits per heavy atom. The predicted molar refractivity (Wildman–Crippen MR) is 99.5 cm³/mol. The van der Waals surface area contributed by atoms with Crippen molar-refractivity contribution in [2.45, 2.75) is 48.0 Å². The number of hydrogen-bond donors (Lipinski definition) is 1. The molecule has 2 aromatic rings. The van der Waals surface area contributed by atoms with Crippen molar-refractivity contribution >= 4 is 10.9 Å². The number of allylic oxidation sites excluding steroid dienone is 4. The molecule has 0 unspecified atom stereocenters. The van der Waals surface area contributed by atoms with Gasteiger partial charge in [0.2, 0.25) is 0 Å². The number of nitrogens with zero attached hydrogens (tertiary/aromatic N) is 1. The predicted octanol–water partition coefficient (Wildman–Crippen LogP) is 6.14. The van der Waals surface area contributed by atoms with Crippen molar-refractivity contribution in [1.29, 1.82) is 0 Å². The number of aromatic hydroxyl groups is 1. The van der Waals surface area contributed by atoms with E-state index in [1.165, 1.54) is 12.0 Å². The first-order valence-electron chi connectivity index (χ1n) is 7.85. The molecule has 1 heterocycles. The van der Waals surface area contributed by atoms with Crippen molar-refractivity contribution in [3.8, 4) is 5.75 Å². The fourth-order valence-electron chi connectivity index (χ4n) is 1.68. The van der Waals surface area contributed by atoms with Crippen LogP contribution in [0.5, 0.6) is 5.75 Å². The summed E-state index contributed by atoms with van der Waals surface area (Å²) in [6, 6.07) is 7.56. The molecule has 1 N–H and O–H groups in total. The minimum Gasteiger partial charge on any atom is -0.507 e. The van der Waals surface area contributed by atoms with Crippen LogP contribution in [0.25, 0.3) is 10.9 Å². The van der Waals surface area contributed by atoms with Gasteiger partial charge in [-0.2, -0.15) is 0 Å². The molecule has 1 aromatic heterocycles. The van der Waals surface area contributed by atoms with Gasteiger partial charge in [-0.3, -0.25) is 0 Å². The van der Waals surface area contributed by atoms with Crippen LogP contribution in [0.1, 0.15) is 46.7 Å². The van der Waals surface area contributed by atoms with E-state index in [9.17, 15) is 5.11 Å². The molecule has 0 saturated carbocycles. The van der Waals surface area contributed by atoms with Crippen molar-refractivity contribution < 1.29 is 5.11 Å². The average molecular weight is 301 g/mol. The number of phenolic OH excluding ortho intramolecular Hbond substituents is 1. The Balaban J connectivity index is 0.000000374. The second-order valence-corrected chi connectivity index (χ2v) is 5.21. The van der Waals surface area contributed by atoms with Gasteiger partial charge in [0.05, 0.1) is 5.52 Å². The Morgan fingerprint density at radius 2 is 1.77 bits per heavy atom. The maximum atomic E-state index is 9.50. The van der Waals surface area contributed by atoms with Gasteiger partial charge >= 0.3 is 0 Å². The minimum absolute atomic E-state index is 0.358. The molecule has 22 heavy (non-hydrogen) atoms. The third kappa shape index (κ3) is 6.21. The number of aryl methyl sites for hydroxylation is 2. The van der Waals surface area contributed by atoms with Crippen LogP contribution in [0, 0.1) is 6.92 Å². The van der Waals surface area contributed by atoms with Gasteiger partial charge in [0.1, 0.15) is 5.75 Å². The standard InChI is InChI=1S/C10H11NO.C6H12.C4H8/c1-7-6-8-9(11(7)2)4-3-5-10(8)12;1-4-6(3)5-2;1-3-4-2/h3-6,12H,1-2H3;4H,5H2,1-3H3;3-4H,1-2H3/b;6-4+;4-3-. The Morgan fingerprint density at radius 3 is 2.14 bits per heavy atom. The summed E-state index contributed by atoms with van der Waals surface area (Å²) in [5.41, 5.74) is 3.70. The highest BCUT2D eigenvalue weighted by molar-refractivity contribution is 5.86. The highest BCUT2D eigenvalue weighted by atomic mass is 16.3. The lowest BCUT2D eigenvalue weighted by Crippen LogP contribution is -1.88. The van der Waals surface area contributed by atoms with Crippen molar-refractivity contribution in [2.24, 2.45) is 7.05 Å². The summed E-state index contributed by atoms with van der Waals surface area (Å²) in [5.74, 6) is 0.358. The summed E-state index contributed by atoms with van der Waals surface area (Å²) in [6.07, 6.45) is 7.33. The number of aromatic nitrogens is 1. The molecule has 2 nitrogen and oxygen atoms in total. The Hall–Kier alpha value is -1.96. The maximum absolute atomic E-state index is 9.50. The average Bonchev–Trinajstić information content (AvgIpc) is 2.84. The van der Waals surface area contributed by atoms with Gasteiger partial charge in [-0.1, -0.05) is 36.8 Å². The lowest BCUT2D eigenvalue weighted by molar-refractivity contribution is 0.481. The Kier molecular flexibility index (Phi) is 9.77. The second kappa shape index (κ2) is 10.7. The minimum atomic E-state index is 0.358. The number of benzene rings is 1. The van der Waals surface area contributed by atoms with Gasteiger partial charge < -0.3 is 9.67 Å². The zero-order valence-electron chi connectivity index (χ0n) is 15.1. The van der Waals surface area contributed by atoms with Crippen molar-refractivity contribution in [3.05, 3.63) is 53.8 Å². The lowest BCUT2D eigenvalue weighted by Gasteiger charge is -1.98. The summed E-state index contributed by atoms with van der Waals surface area (Å²) in [6.45, 7) is 12.4. The molecule has 0 saturated heterocycles. The molecule has 0 bridgehead atoms. The Bertz CT molecular complexity index is 614. The van der Waals surface area contributed by atoms with E-state index in [1.807, 2.05) is 58.2 Å². The molecular weight excluding hydrogens is 270 g/mol. The van der Waals surface area contributed by atoms with E-state index < -0.39 is 0 Å². The third-order valence-corrected chi connectivity index (χ3v) is 3.69. The van der Waals surface area contributed by atoms with Crippen LogP contribution in [0.15, 0.2) is 48.1 Å². The van der Waals surface area contributed by atoms with Crippen molar-refractivity contribution in [1.82, 2.24) is 4.57 Å². The SMILES string of the molecule is C/C=C(\C)CC.C/C=C\C.Cc1cc2c(O)cccc2n1C. The number of rotatable bonds is 1. The largest absolute Gasteiger partial charge is 0.507 e. The lowest BCUT2D eigenvalue weighted by atomic mass is 10.2. The molecule has 1 aromatic carbocycles. The number of hydrogen-bond acceptors (Lipinski definition) is 1. The molecule has 0 aliphatic carbocycles. The molecule has 2 heteroatoms. The van der Waals surface area contributed by atoms with Crippen molar-refractivity contribution in [2.75, 3.05) is 0 Å². The molecule has 0 radical (unpaired) electrons. The fraction of sp³-hybridized carbons (Fsp3) is 0.400. The maximum Gasteiger partial charge on any atom is 0.124 e. The molecule has 0 amide bonds. The molecule has 0 atom stereocenters. The van der Waals surface area contributed by atoms with E-state index in [1.54, 1.807) is 6.07 Å². The highest BCUT2D eigenvalue weighted by Gasteiger charge is 2.04. The van der Waals surface area contributed by atoms with Crippen LogP contribution in [0.2, 0.25) is 0 Å². The summed E-state index contributed by atoms with van der Waals surface area (Å²) in [4.78, 5) is 0. The smallest absolute Gasteiger partial charge is 0.124 e. The summed E-state index contributed by atoms with van der Waals surface area (Å²) in [7, 11) is 2.00. The fourth-order valence-corrected chi connectivity index (χ4v) is 1.68. The summed E-state index contributed by atoms with van der Waals surface area (Å²) >= 11 is 0. The van der Waals surface area contributed by atoms with E-state index in [4.69, 9.17) is 0 Å². The third-order valence-electron chi connectivity index (χ3n) is 3.69. The molecule has 2 rings (SSSR count). The van der Waals surface area contributed by atoms with Crippen LogP contribution >= 0.6 is 0 Å². The van der Waals surface area contributed by atoms with Gasteiger partial charge in [-0.25, -0.2) is 0 Å². The van der Waals surface area contributed by atoms with E-state index in [-0.39, 0.29) is 0 Å². The monoisotopic (exact) mass is 301 g/mol. The molecule has 122 valence electrons. The molecule has 0 aliphatic heterocycles. The molecule has 0 fully saturated rings. The van der Waals surface area contributed by atoms with Crippen LogP contribution in [0.3, 0.4) is 0 Å². The first-order valence-corrected chi connectivity index (χ1v) is 7.85. The van der Waals surface area contributed by atoms with Crippen LogP contribution in [-0.4, -0.2) is 9.67 Å². The summed E-state index contributed by atoms with van der Waals surface area (Å²) in [5, 5.41) is 10.4. The van der Waals surface area contributed by atoms with Crippen molar-refractivity contribution in [3.63, 3.8) is 0 Å². The van der Waals surface area contributed by atoms with E-state index in [2.05, 4.69) is 31.4 Å². The quantitative estimate of drug-likeness (QED) is 0.629. The van der Waals surface area contributed by atoms with Gasteiger partial charge in [-0.05, 0) is 59.2 Å². The van der Waals surface area contributed by atoms with E-state index in [0.717, 1.165) is 16.6 Å². The first kappa shape index (κ1) is 20.0. The number of phenols is 1. The molecule has 0 spiro atoms.